The van der Waals surface area contributed by atoms with Gasteiger partial charge in [-0.05, 0) is 48.6 Å². The van der Waals surface area contributed by atoms with Crippen LogP contribution in [-0.4, -0.2) is 50.1 Å². The average Bonchev–Trinajstić information content (AvgIpc) is 3.09. The molecule has 1 aliphatic heterocycles. The second kappa shape index (κ2) is 11.2. The molecule has 34 heavy (non-hydrogen) atoms. The molecule has 2 aromatic rings. The monoisotopic (exact) mass is 495 g/mol. The van der Waals surface area contributed by atoms with Gasteiger partial charge in [-0.2, -0.15) is 0 Å². The van der Waals surface area contributed by atoms with E-state index in [2.05, 4.69) is 23.0 Å². The van der Waals surface area contributed by atoms with E-state index in [9.17, 15) is 22.3 Å². The van der Waals surface area contributed by atoms with Crippen LogP contribution in [0.1, 0.15) is 30.5 Å². The van der Waals surface area contributed by atoms with Crippen LogP contribution in [0.4, 0.5) is 8.78 Å². The van der Waals surface area contributed by atoms with Crippen LogP contribution in [-0.2, 0) is 34.1 Å². The van der Waals surface area contributed by atoms with Crippen molar-refractivity contribution >= 4 is 10.0 Å². The Bertz CT molecular complexity index is 1120. The first kappa shape index (κ1) is 25.9. The molecule has 0 fully saturated rings. The SMILES string of the molecule is CCc1cccc(CNC[C@@H](O)[C@H](Cc2cc(F)cc(F)c2)N2COC(C)=C2NS(C)(=O)=O)c1. The standard InChI is InChI=1S/C24H31F2N3O4S/c1-4-17-6-5-7-18(8-17)13-27-14-23(30)22(11-19-9-20(25)12-21(26)10-19)29-15-33-16(2)24(29)28-34(3,31)32/h5-10,12,22-23,27-28,30H,4,11,13-15H2,1-3H3/t22-,23+/m0/s1. The van der Waals surface area contributed by atoms with E-state index in [-0.39, 0.29) is 25.5 Å². The number of aliphatic hydroxyl groups is 1. The van der Waals surface area contributed by atoms with Crippen molar-refractivity contribution in [3.8, 4) is 0 Å². The van der Waals surface area contributed by atoms with Crippen LogP contribution < -0.4 is 10.0 Å². The molecule has 0 spiro atoms. The van der Waals surface area contributed by atoms with E-state index in [1.807, 2.05) is 18.2 Å². The van der Waals surface area contributed by atoms with Crippen LogP contribution in [0.15, 0.2) is 54.0 Å². The molecule has 1 heterocycles. The van der Waals surface area contributed by atoms with Gasteiger partial charge in [0.2, 0.25) is 10.0 Å². The van der Waals surface area contributed by atoms with Crippen LogP contribution >= 0.6 is 0 Å². The Morgan fingerprint density at radius 2 is 1.79 bits per heavy atom. The minimum Gasteiger partial charge on any atom is -0.474 e. The number of nitrogens with one attached hydrogen (secondary N) is 2. The molecule has 3 N–H and O–H groups in total. The summed E-state index contributed by atoms with van der Waals surface area (Å²) in [5.74, 6) is -0.913. The number of hydrogen-bond donors (Lipinski definition) is 3. The van der Waals surface area contributed by atoms with Gasteiger partial charge >= 0.3 is 0 Å². The van der Waals surface area contributed by atoms with Gasteiger partial charge in [-0.1, -0.05) is 31.2 Å². The molecule has 0 aliphatic carbocycles. The zero-order chi connectivity index (χ0) is 24.9. The van der Waals surface area contributed by atoms with Crippen molar-refractivity contribution in [2.24, 2.45) is 0 Å². The van der Waals surface area contributed by atoms with E-state index in [0.717, 1.165) is 24.3 Å². The topological polar surface area (TPSA) is 90.9 Å². The number of hydrogen-bond acceptors (Lipinski definition) is 6. The molecule has 0 amide bonds. The first-order valence-corrected chi connectivity index (χ1v) is 12.9. The summed E-state index contributed by atoms with van der Waals surface area (Å²) in [5, 5.41) is 14.3. The summed E-state index contributed by atoms with van der Waals surface area (Å²) in [4.78, 5) is 1.57. The summed E-state index contributed by atoms with van der Waals surface area (Å²) in [6, 6.07) is 10.5. The van der Waals surface area contributed by atoms with E-state index in [1.54, 1.807) is 11.8 Å². The number of halogens is 2. The molecule has 0 radical (unpaired) electrons. The molecule has 0 unspecified atom stereocenters. The molecule has 0 saturated heterocycles. The number of sulfonamides is 1. The fourth-order valence-corrected chi connectivity index (χ4v) is 4.57. The fraction of sp³-hybridized carbons (Fsp3) is 0.417. The van der Waals surface area contributed by atoms with Crippen molar-refractivity contribution < 1.29 is 27.0 Å². The first-order chi connectivity index (χ1) is 16.1. The third-order valence-electron chi connectivity index (χ3n) is 5.62. The lowest BCUT2D eigenvalue weighted by atomic mass is 9.99. The van der Waals surface area contributed by atoms with Gasteiger partial charge in [0.05, 0.1) is 18.4 Å². The van der Waals surface area contributed by atoms with Gasteiger partial charge in [-0.3, -0.25) is 4.72 Å². The van der Waals surface area contributed by atoms with Gasteiger partial charge in [0.1, 0.15) is 17.4 Å². The predicted molar refractivity (Wildman–Crippen MR) is 126 cm³/mol. The number of ether oxygens (including phenoxy) is 1. The molecule has 2 atom stereocenters. The van der Waals surface area contributed by atoms with Crippen LogP contribution in [0.25, 0.3) is 0 Å². The van der Waals surface area contributed by atoms with Crippen molar-refractivity contribution in [2.75, 3.05) is 19.5 Å². The summed E-state index contributed by atoms with van der Waals surface area (Å²) >= 11 is 0. The number of aryl methyl sites for hydroxylation is 1. The van der Waals surface area contributed by atoms with Crippen molar-refractivity contribution in [3.63, 3.8) is 0 Å². The molecule has 3 rings (SSSR count). The minimum atomic E-state index is -3.63. The van der Waals surface area contributed by atoms with Crippen LogP contribution in [0.5, 0.6) is 0 Å². The summed E-state index contributed by atoms with van der Waals surface area (Å²) in [7, 11) is -3.63. The van der Waals surface area contributed by atoms with E-state index in [4.69, 9.17) is 4.74 Å². The van der Waals surface area contributed by atoms with Crippen LogP contribution in [0.3, 0.4) is 0 Å². The molecule has 10 heteroatoms. The van der Waals surface area contributed by atoms with Gasteiger partial charge in [-0.25, -0.2) is 17.2 Å². The molecular formula is C24H31F2N3O4S. The average molecular weight is 496 g/mol. The number of aliphatic hydroxyl groups excluding tert-OH is 1. The van der Waals surface area contributed by atoms with Gasteiger partial charge < -0.3 is 20.1 Å². The van der Waals surface area contributed by atoms with Gasteiger partial charge in [0.25, 0.3) is 0 Å². The lowest BCUT2D eigenvalue weighted by molar-refractivity contribution is 0.0340. The minimum absolute atomic E-state index is 0.0121. The van der Waals surface area contributed by atoms with E-state index in [0.29, 0.717) is 17.9 Å². The number of benzene rings is 2. The van der Waals surface area contributed by atoms with E-state index in [1.165, 1.54) is 17.7 Å². The largest absolute Gasteiger partial charge is 0.474 e. The molecule has 0 bridgehead atoms. The normalized spacial score (nSPS) is 15.9. The molecule has 2 aromatic carbocycles. The molecule has 0 aromatic heterocycles. The number of rotatable bonds is 11. The lowest BCUT2D eigenvalue weighted by Gasteiger charge is -2.34. The van der Waals surface area contributed by atoms with Crippen LogP contribution in [0, 0.1) is 11.6 Å². The molecule has 0 saturated carbocycles. The van der Waals surface area contributed by atoms with Gasteiger partial charge in [-0.15, -0.1) is 0 Å². The highest BCUT2D eigenvalue weighted by atomic mass is 32.2. The highest BCUT2D eigenvalue weighted by molar-refractivity contribution is 7.88. The second-order valence-corrected chi connectivity index (χ2v) is 10.2. The van der Waals surface area contributed by atoms with Crippen molar-refractivity contribution in [1.29, 1.82) is 0 Å². The quantitative estimate of drug-likeness (QED) is 0.444. The third kappa shape index (κ3) is 7.15. The predicted octanol–water partition coefficient (Wildman–Crippen LogP) is 2.62. The first-order valence-electron chi connectivity index (χ1n) is 11.1. The highest BCUT2D eigenvalue weighted by Gasteiger charge is 2.34. The Hall–Kier alpha value is -2.69. The Morgan fingerprint density at radius 3 is 2.44 bits per heavy atom. The molecule has 1 aliphatic rings. The van der Waals surface area contributed by atoms with E-state index >= 15 is 0 Å². The van der Waals surface area contributed by atoms with Crippen molar-refractivity contribution in [1.82, 2.24) is 14.9 Å². The van der Waals surface area contributed by atoms with Crippen LogP contribution in [0.2, 0.25) is 0 Å². The summed E-state index contributed by atoms with van der Waals surface area (Å²) in [6.07, 6.45) is 0.989. The third-order valence-corrected chi connectivity index (χ3v) is 6.18. The van der Waals surface area contributed by atoms with E-state index < -0.39 is 33.8 Å². The zero-order valence-electron chi connectivity index (χ0n) is 19.5. The molecule has 186 valence electrons. The maximum atomic E-state index is 13.8. The number of allylic oxidation sites excluding steroid dienone is 1. The number of nitrogens with zero attached hydrogens (tertiary/aromatic N) is 1. The van der Waals surface area contributed by atoms with Gasteiger partial charge in [0.15, 0.2) is 12.6 Å². The Morgan fingerprint density at radius 1 is 1.12 bits per heavy atom. The maximum Gasteiger partial charge on any atom is 0.231 e. The van der Waals surface area contributed by atoms with Crippen molar-refractivity contribution in [2.45, 2.75) is 45.4 Å². The van der Waals surface area contributed by atoms with Gasteiger partial charge in [0, 0.05) is 19.2 Å². The summed E-state index contributed by atoms with van der Waals surface area (Å²) < 4.78 is 59.4. The highest BCUT2D eigenvalue weighted by Crippen LogP contribution is 2.25. The second-order valence-electron chi connectivity index (χ2n) is 8.44. The van der Waals surface area contributed by atoms with Crippen molar-refractivity contribution in [3.05, 3.63) is 82.4 Å². The fourth-order valence-electron chi connectivity index (χ4n) is 3.95. The maximum absolute atomic E-state index is 13.8. The summed E-state index contributed by atoms with van der Waals surface area (Å²) in [6.45, 7) is 4.36. The summed E-state index contributed by atoms with van der Waals surface area (Å²) in [5.41, 5.74) is 2.60. The smallest absolute Gasteiger partial charge is 0.231 e. The zero-order valence-corrected chi connectivity index (χ0v) is 20.3. The molecular weight excluding hydrogens is 464 g/mol. The lowest BCUT2D eigenvalue weighted by Crippen LogP contribution is -2.50. The Balaban J connectivity index is 1.80. The Kier molecular flexibility index (Phi) is 8.51. The molecule has 7 nitrogen and oxygen atoms in total. The Labute approximate surface area is 199 Å².